The van der Waals surface area contributed by atoms with Gasteiger partial charge in [0.1, 0.15) is 0 Å². The minimum absolute atomic E-state index is 0. The Balaban J connectivity index is 0.00000225. The number of nitrogen functional groups attached to an aromatic ring is 1. The van der Waals surface area contributed by atoms with Crippen molar-refractivity contribution in [2.75, 3.05) is 51.5 Å². The van der Waals surface area contributed by atoms with Crippen molar-refractivity contribution < 1.29 is 9.59 Å². The molecule has 0 spiro atoms. The Bertz CT molecular complexity index is 673. The molecule has 0 bridgehead atoms. The fourth-order valence-corrected chi connectivity index (χ4v) is 4.24. The molecule has 1 aromatic rings. The number of hydrogen-bond donors (Lipinski definition) is 1. The van der Waals surface area contributed by atoms with E-state index in [0.29, 0.717) is 31.1 Å². The van der Waals surface area contributed by atoms with Crippen LogP contribution in [-0.4, -0.2) is 72.3 Å². The lowest BCUT2D eigenvalue weighted by atomic mass is 9.92. The first kappa shape index (κ1) is 26.5. The maximum Gasteiger partial charge on any atom is 0.222 e. The van der Waals surface area contributed by atoms with E-state index in [1.807, 2.05) is 34.1 Å². The smallest absolute Gasteiger partial charge is 0.222 e. The first-order chi connectivity index (χ1) is 13.6. The lowest BCUT2D eigenvalue weighted by Gasteiger charge is -2.36. The zero-order valence-electron chi connectivity index (χ0n) is 17.9. The second-order valence-corrected chi connectivity index (χ2v) is 8.04. The van der Waals surface area contributed by atoms with Gasteiger partial charge in [0.05, 0.1) is 0 Å². The molecule has 2 heterocycles. The SMILES string of the molecule is CCN1CCN(C(=O)CC2CCN(C(=O)CCc3ccccc3N)CC2)CC1.Cl.Cl. The fraction of sp³-hybridized carbons (Fsp3) is 0.636. The zero-order chi connectivity index (χ0) is 19.9. The highest BCUT2D eigenvalue weighted by molar-refractivity contribution is 5.85. The quantitative estimate of drug-likeness (QED) is 0.665. The maximum absolute atomic E-state index is 12.6. The molecule has 170 valence electrons. The maximum atomic E-state index is 12.6. The molecule has 2 amide bonds. The summed E-state index contributed by atoms with van der Waals surface area (Å²) in [5.41, 5.74) is 7.76. The Labute approximate surface area is 193 Å². The van der Waals surface area contributed by atoms with Crippen molar-refractivity contribution in [3.8, 4) is 0 Å². The Kier molecular flexibility index (Phi) is 11.5. The van der Waals surface area contributed by atoms with Crippen LogP contribution in [0, 0.1) is 5.92 Å². The monoisotopic (exact) mass is 458 g/mol. The first-order valence-corrected chi connectivity index (χ1v) is 10.7. The van der Waals surface area contributed by atoms with Crippen molar-refractivity contribution in [1.29, 1.82) is 0 Å². The predicted octanol–water partition coefficient (Wildman–Crippen LogP) is 2.84. The van der Waals surface area contributed by atoms with Gasteiger partial charge in [-0.3, -0.25) is 9.59 Å². The molecule has 2 fully saturated rings. The molecule has 2 aliphatic heterocycles. The summed E-state index contributed by atoms with van der Waals surface area (Å²) in [7, 11) is 0. The van der Waals surface area contributed by atoms with Gasteiger partial charge < -0.3 is 20.4 Å². The highest BCUT2D eigenvalue weighted by Gasteiger charge is 2.27. The number of likely N-dealkylation sites (N-methyl/N-ethyl adjacent to an activating group) is 1. The number of aryl methyl sites for hydroxylation is 1. The lowest BCUT2D eigenvalue weighted by molar-refractivity contribution is -0.135. The van der Waals surface area contributed by atoms with Gasteiger partial charge in [0.25, 0.3) is 0 Å². The number of likely N-dealkylation sites (tertiary alicyclic amines) is 1. The number of rotatable bonds is 6. The van der Waals surface area contributed by atoms with Crippen molar-refractivity contribution in [2.24, 2.45) is 5.92 Å². The highest BCUT2D eigenvalue weighted by atomic mass is 35.5. The summed E-state index contributed by atoms with van der Waals surface area (Å²) >= 11 is 0. The Morgan fingerprint density at radius 1 is 0.933 bits per heavy atom. The molecule has 0 radical (unpaired) electrons. The van der Waals surface area contributed by atoms with Gasteiger partial charge >= 0.3 is 0 Å². The Morgan fingerprint density at radius 3 is 2.13 bits per heavy atom. The van der Waals surface area contributed by atoms with Gasteiger partial charge in [-0.05, 0) is 43.4 Å². The average Bonchev–Trinajstić information content (AvgIpc) is 2.73. The molecular formula is C22H36Cl2N4O2. The molecule has 30 heavy (non-hydrogen) atoms. The minimum Gasteiger partial charge on any atom is -0.399 e. The molecule has 8 heteroatoms. The van der Waals surface area contributed by atoms with E-state index in [-0.39, 0.29) is 30.7 Å². The zero-order valence-corrected chi connectivity index (χ0v) is 19.6. The predicted molar refractivity (Wildman–Crippen MR) is 126 cm³/mol. The van der Waals surface area contributed by atoms with Crippen LogP contribution in [0.2, 0.25) is 0 Å². The standard InChI is InChI=1S/C22H34N4O2.2ClH/c1-2-24-13-15-26(16-14-24)22(28)17-18-9-11-25(12-10-18)21(27)8-7-19-5-3-4-6-20(19)23;;/h3-6,18H,2,7-17,23H2,1H3;2*1H. The van der Waals surface area contributed by atoms with Crippen molar-refractivity contribution in [3.05, 3.63) is 29.8 Å². The average molecular weight is 459 g/mol. The molecule has 1 aromatic carbocycles. The number of halogens is 2. The van der Waals surface area contributed by atoms with Crippen LogP contribution in [0.15, 0.2) is 24.3 Å². The second kappa shape index (κ2) is 13.0. The number of piperazine rings is 1. The van der Waals surface area contributed by atoms with Crippen LogP contribution in [-0.2, 0) is 16.0 Å². The number of benzene rings is 1. The molecule has 0 unspecified atom stereocenters. The summed E-state index contributed by atoms with van der Waals surface area (Å²) in [4.78, 5) is 31.5. The molecule has 2 aliphatic rings. The van der Waals surface area contributed by atoms with Crippen LogP contribution >= 0.6 is 24.8 Å². The van der Waals surface area contributed by atoms with Gasteiger partial charge in [0, 0.05) is 57.8 Å². The van der Waals surface area contributed by atoms with E-state index in [1.54, 1.807) is 0 Å². The van der Waals surface area contributed by atoms with Gasteiger partial charge in [0.15, 0.2) is 0 Å². The summed E-state index contributed by atoms with van der Waals surface area (Å²) in [6.45, 7) is 8.45. The van der Waals surface area contributed by atoms with E-state index in [1.165, 1.54) is 0 Å². The number of amides is 2. The van der Waals surface area contributed by atoms with E-state index >= 15 is 0 Å². The fourth-order valence-electron chi connectivity index (χ4n) is 4.24. The van der Waals surface area contributed by atoms with Gasteiger partial charge in [-0.2, -0.15) is 0 Å². The largest absolute Gasteiger partial charge is 0.399 e. The number of carbonyl (C=O) groups excluding carboxylic acids is 2. The summed E-state index contributed by atoms with van der Waals surface area (Å²) in [6, 6.07) is 7.74. The van der Waals surface area contributed by atoms with E-state index in [2.05, 4.69) is 11.8 Å². The normalized spacial score (nSPS) is 17.8. The molecular weight excluding hydrogens is 423 g/mol. The van der Waals surface area contributed by atoms with Crippen LogP contribution in [0.3, 0.4) is 0 Å². The van der Waals surface area contributed by atoms with Gasteiger partial charge in [-0.15, -0.1) is 24.8 Å². The van der Waals surface area contributed by atoms with E-state index in [0.717, 1.165) is 69.9 Å². The third-order valence-corrected chi connectivity index (χ3v) is 6.27. The molecule has 0 aromatic heterocycles. The van der Waals surface area contributed by atoms with Gasteiger partial charge in [0.2, 0.25) is 11.8 Å². The molecule has 6 nitrogen and oxygen atoms in total. The Morgan fingerprint density at radius 2 is 1.53 bits per heavy atom. The van der Waals surface area contributed by atoms with Crippen molar-refractivity contribution in [3.63, 3.8) is 0 Å². The molecule has 0 saturated carbocycles. The summed E-state index contributed by atoms with van der Waals surface area (Å²) in [5, 5.41) is 0. The van der Waals surface area contributed by atoms with E-state index in [9.17, 15) is 9.59 Å². The van der Waals surface area contributed by atoms with Gasteiger partial charge in [-0.1, -0.05) is 25.1 Å². The highest BCUT2D eigenvalue weighted by Crippen LogP contribution is 2.23. The topological polar surface area (TPSA) is 69.9 Å². The van der Waals surface area contributed by atoms with Crippen LogP contribution in [0.4, 0.5) is 5.69 Å². The van der Waals surface area contributed by atoms with E-state index in [4.69, 9.17) is 5.73 Å². The number of anilines is 1. The minimum atomic E-state index is 0. The lowest BCUT2D eigenvalue weighted by Crippen LogP contribution is -2.49. The number of piperidine rings is 1. The molecule has 2 saturated heterocycles. The number of carbonyl (C=O) groups is 2. The third kappa shape index (κ3) is 7.33. The molecule has 3 rings (SSSR count). The summed E-state index contributed by atoms with van der Waals surface area (Å²) in [6.07, 6.45) is 3.68. The van der Waals surface area contributed by atoms with Gasteiger partial charge in [-0.25, -0.2) is 0 Å². The van der Waals surface area contributed by atoms with Crippen molar-refractivity contribution >= 4 is 42.3 Å². The Hall–Kier alpha value is -1.50. The third-order valence-electron chi connectivity index (χ3n) is 6.27. The van der Waals surface area contributed by atoms with Crippen molar-refractivity contribution in [1.82, 2.24) is 14.7 Å². The number of hydrogen-bond acceptors (Lipinski definition) is 4. The summed E-state index contributed by atoms with van der Waals surface area (Å²) < 4.78 is 0. The molecule has 0 atom stereocenters. The van der Waals surface area contributed by atoms with Crippen LogP contribution in [0.25, 0.3) is 0 Å². The van der Waals surface area contributed by atoms with Crippen LogP contribution in [0.5, 0.6) is 0 Å². The first-order valence-electron chi connectivity index (χ1n) is 10.7. The summed E-state index contributed by atoms with van der Waals surface area (Å²) in [5.74, 6) is 0.898. The molecule has 2 N–H and O–H groups in total. The van der Waals surface area contributed by atoms with Crippen molar-refractivity contribution in [2.45, 2.75) is 39.0 Å². The second-order valence-electron chi connectivity index (χ2n) is 8.04. The van der Waals surface area contributed by atoms with Crippen LogP contribution in [0.1, 0.15) is 38.2 Å². The van der Waals surface area contributed by atoms with Crippen LogP contribution < -0.4 is 5.73 Å². The number of para-hydroxylation sites is 1. The molecule has 0 aliphatic carbocycles. The number of nitrogens with zero attached hydrogens (tertiary/aromatic N) is 3. The van der Waals surface area contributed by atoms with E-state index < -0.39 is 0 Å². The number of nitrogens with two attached hydrogens (primary N) is 1.